The minimum atomic E-state index is -2.50. The van der Waals surface area contributed by atoms with E-state index in [0.717, 1.165) is 6.42 Å². The molecule has 1 saturated heterocycles. The molecule has 1 aliphatic rings. The van der Waals surface area contributed by atoms with Crippen LogP contribution in [0, 0.1) is 12.3 Å². The van der Waals surface area contributed by atoms with Gasteiger partial charge in [-0.25, -0.2) is 4.58 Å². The molecular formula is C11H19F2N+. The molecule has 2 atom stereocenters. The molecule has 14 heavy (non-hydrogen) atoms. The maximum Gasteiger partial charge on any atom is 0.311 e. The maximum atomic E-state index is 13.0. The van der Waals surface area contributed by atoms with Gasteiger partial charge in [-0.1, -0.05) is 20.3 Å². The monoisotopic (exact) mass is 203 g/mol. The fraction of sp³-hybridized carbons (Fsp3) is 0.818. The van der Waals surface area contributed by atoms with Gasteiger partial charge in [0.25, 0.3) is 0 Å². The predicted molar refractivity (Wildman–Crippen MR) is 54.0 cm³/mol. The van der Waals surface area contributed by atoms with Crippen LogP contribution >= 0.6 is 0 Å². The van der Waals surface area contributed by atoms with Crippen molar-refractivity contribution in [3.05, 3.63) is 6.42 Å². The summed E-state index contributed by atoms with van der Waals surface area (Å²) >= 11 is 0. The van der Waals surface area contributed by atoms with E-state index in [2.05, 4.69) is 13.8 Å². The Balaban J connectivity index is 2.53. The molecule has 0 bridgehead atoms. The van der Waals surface area contributed by atoms with Gasteiger partial charge in [-0.2, -0.15) is 8.78 Å². The van der Waals surface area contributed by atoms with Gasteiger partial charge < -0.3 is 0 Å². The highest BCUT2D eigenvalue weighted by atomic mass is 19.3. The summed E-state index contributed by atoms with van der Waals surface area (Å²) in [6.45, 7) is 5.91. The van der Waals surface area contributed by atoms with Crippen molar-refractivity contribution in [1.82, 2.24) is 0 Å². The largest absolute Gasteiger partial charge is 0.311 e. The topological polar surface area (TPSA) is 3.01 Å². The van der Waals surface area contributed by atoms with Gasteiger partial charge in [0.1, 0.15) is 6.21 Å². The number of nitrogens with zero attached hydrogens (tertiary/aromatic N) is 1. The lowest BCUT2D eigenvalue weighted by Crippen LogP contribution is -2.21. The number of hydrogen-bond acceptors (Lipinski definition) is 0. The summed E-state index contributed by atoms with van der Waals surface area (Å²) in [7, 11) is 0. The van der Waals surface area contributed by atoms with E-state index in [4.69, 9.17) is 0 Å². The summed E-state index contributed by atoms with van der Waals surface area (Å²) < 4.78 is 27.7. The van der Waals surface area contributed by atoms with E-state index in [-0.39, 0.29) is 19.0 Å². The molecule has 0 saturated carbocycles. The van der Waals surface area contributed by atoms with Gasteiger partial charge in [0.05, 0.1) is 12.8 Å². The van der Waals surface area contributed by atoms with Gasteiger partial charge in [0.2, 0.25) is 6.54 Å². The third-order valence-corrected chi connectivity index (χ3v) is 2.82. The van der Waals surface area contributed by atoms with Gasteiger partial charge in [-0.3, -0.25) is 0 Å². The first kappa shape index (κ1) is 11.6. The highest BCUT2D eigenvalue weighted by molar-refractivity contribution is 5.63. The summed E-state index contributed by atoms with van der Waals surface area (Å²) in [5, 5.41) is 0. The van der Waals surface area contributed by atoms with Crippen LogP contribution < -0.4 is 0 Å². The first-order chi connectivity index (χ1) is 6.44. The zero-order chi connectivity index (χ0) is 10.8. The molecule has 1 rings (SSSR count). The lowest BCUT2D eigenvalue weighted by molar-refractivity contribution is -0.542. The van der Waals surface area contributed by atoms with Crippen LogP contribution in [0.5, 0.6) is 0 Å². The Morgan fingerprint density at radius 2 is 2.21 bits per heavy atom. The normalized spacial score (nSPS) is 30.9. The number of halogens is 2. The Labute approximate surface area is 84.8 Å². The fourth-order valence-electron chi connectivity index (χ4n) is 1.63. The van der Waals surface area contributed by atoms with Crippen LogP contribution in [0.15, 0.2) is 0 Å². The average molecular weight is 203 g/mol. The molecule has 0 N–H and O–H groups in total. The highest BCUT2D eigenvalue weighted by Crippen LogP contribution is 2.28. The van der Waals surface area contributed by atoms with Gasteiger partial charge in [0, 0.05) is 0 Å². The van der Waals surface area contributed by atoms with Crippen molar-refractivity contribution in [2.75, 3.05) is 6.54 Å². The Kier molecular flexibility index (Phi) is 3.62. The van der Waals surface area contributed by atoms with E-state index in [0.29, 0.717) is 5.92 Å². The number of rotatable bonds is 3. The van der Waals surface area contributed by atoms with Crippen LogP contribution in [-0.2, 0) is 0 Å². The van der Waals surface area contributed by atoms with E-state index in [1.54, 1.807) is 4.58 Å². The highest BCUT2D eigenvalue weighted by Gasteiger charge is 2.46. The smallest absolute Gasteiger partial charge is 0.230 e. The second-order valence-corrected chi connectivity index (χ2v) is 4.31. The second kappa shape index (κ2) is 4.37. The zero-order valence-electron chi connectivity index (χ0n) is 9.13. The van der Waals surface area contributed by atoms with Crippen LogP contribution in [0.4, 0.5) is 8.78 Å². The van der Waals surface area contributed by atoms with Crippen molar-refractivity contribution in [3.8, 4) is 0 Å². The molecule has 3 heteroatoms. The molecule has 0 aromatic carbocycles. The van der Waals surface area contributed by atoms with Crippen molar-refractivity contribution in [1.29, 1.82) is 0 Å². The third kappa shape index (κ3) is 3.03. The van der Waals surface area contributed by atoms with Crippen molar-refractivity contribution >= 4 is 6.21 Å². The molecule has 1 aliphatic heterocycles. The zero-order valence-corrected chi connectivity index (χ0v) is 9.13. The van der Waals surface area contributed by atoms with E-state index in [9.17, 15) is 8.78 Å². The molecule has 1 nitrogen and oxygen atoms in total. The van der Waals surface area contributed by atoms with E-state index in [1.165, 1.54) is 0 Å². The Hall–Kier alpha value is -0.470. The first-order valence-electron chi connectivity index (χ1n) is 5.26. The van der Waals surface area contributed by atoms with Crippen molar-refractivity contribution in [3.63, 3.8) is 0 Å². The fourth-order valence-corrected chi connectivity index (χ4v) is 1.63. The minimum absolute atomic E-state index is 0.0160. The molecule has 0 amide bonds. The van der Waals surface area contributed by atoms with E-state index in [1.807, 2.05) is 19.6 Å². The van der Waals surface area contributed by atoms with Crippen molar-refractivity contribution in [2.24, 2.45) is 5.92 Å². The molecule has 0 aromatic rings. The molecule has 1 fully saturated rings. The lowest BCUT2D eigenvalue weighted by atomic mass is 10.1. The number of alkyl halides is 2. The third-order valence-electron chi connectivity index (χ3n) is 2.82. The van der Waals surface area contributed by atoms with Gasteiger partial charge in [-0.15, -0.1) is 0 Å². The van der Waals surface area contributed by atoms with E-state index >= 15 is 0 Å². The van der Waals surface area contributed by atoms with Gasteiger partial charge in [-0.05, 0) is 12.8 Å². The molecule has 0 unspecified atom stereocenters. The molecule has 1 radical (unpaired) electrons. The quantitative estimate of drug-likeness (QED) is 0.620. The molecule has 0 aliphatic carbocycles. The standard InChI is InChI=1S/C11H19F2N/c1-4-9(2)5-6-14-8-11(12,13)7-10(14)3/h5-6,9-10H,4,7-8H2,1-3H3/q+1/t9-,10+/m0/s1. The summed E-state index contributed by atoms with van der Waals surface area (Å²) in [6, 6.07) is -0.0368. The SMILES string of the molecule is CC[C@H](C)[CH]C=[N+]1CC(F)(F)C[C@H]1C. The maximum absolute atomic E-state index is 13.0. The summed E-state index contributed by atoms with van der Waals surface area (Å²) in [5.74, 6) is -2.03. The van der Waals surface area contributed by atoms with Crippen molar-refractivity contribution in [2.45, 2.75) is 45.6 Å². The molecule has 0 spiro atoms. The summed E-state index contributed by atoms with van der Waals surface area (Å²) in [6.07, 6.45) is 4.88. The van der Waals surface area contributed by atoms with Gasteiger partial charge >= 0.3 is 5.92 Å². The Morgan fingerprint density at radius 1 is 1.57 bits per heavy atom. The Morgan fingerprint density at radius 3 is 2.64 bits per heavy atom. The van der Waals surface area contributed by atoms with Crippen molar-refractivity contribution < 1.29 is 13.4 Å². The van der Waals surface area contributed by atoms with Crippen LogP contribution in [0.2, 0.25) is 0 Å². The van der Waals surface area contributed by atoms with Crippen LogP contribution in [-0.4, -0.2) is 29.3 Å². The minimum Gasteiger partial charge on any atom is -0.230 e. The molecule has 1 heterocycles. The second-order valence-electron chi connectivity index (χ2n) is 4.31. The predicted octanol–water partition coefficient (Wildman–Crippen LogP) is 2.75. The molecule has 81 valence electrons. The number of hydrogen-bond donors (Lipinski definition) is 0. The molecule has 0 aromatic heterocycles. The van der Waals surface area contributed by atoms with Crippen LogP contribution in [0.1, 0.15) is 33.6 Å². The molecular weight excluding hydrogens is 184 g/mol. The summed E-state index contributed by atoms with van der Waals surface area (Å²) in [4.78, 5) is 0. The van der Waals surface area contributed by atoms with Crippen LogP contribution in [0.25, 0.3) is 0 Å². The Bertz CT molecular complexity index is 223. The van der Waals surface area contributed by atoms with Gasteiger partial charge in [0.15, 0.2) is 6.04 Å². The van der Waals surface area contributed by atoms with E-state index < -0.39 is 5.92 Å². The van der Waals surface area contributed by atoms with Crippen LogP contribution in [0.3, 0.4) is 0 Å². The summed E-state index contributed by atoms with van der Waals surface area (Å²) in [5.41, 5.74) is 0. The first-order valence-corrected chi connectivity index (χ1v) is 5.26. The lowest BCUT2D eigenvalue weighted by Gasteiger charge is -2.03. The average Bonchev–Trinajstić information content (AvgIpc) is 2.35.